The summed E-state index contributed by atoms with van der Waals surface area (Å²) in [7, 11) is 0. The normalized spacial score (nSPS) is 11.4. The molecule has 0 saturated heterocycles. The highest BCUT2D eigenvalue weighted by Gasteiger charge is 2.14. The monoisotopic (exact) mass is 481 g/mol. The van der Waals surface area contributed by atoms with Gasteiger partial charge >= 0.3 is 0 Å². The Labute approximate surface area is 216 Å². The zero-order valence-electron chi connectivity index (χ0n) is 22.5. The van der Waals surface area contributed by atoms with E-state index in [1.807, 2.05) is 32.3 Å². The summed E-state index contributed by atoms with van der Waals surface area (Å²) in [4.78, 5) is 18.1. The molecule has 0 spiro atoms. The van der Waals surface area contributed by atoms with Crippen molar-refractivity contribution in [2.24, 2.45) is 0 Å². The highest BCUT2D eigenvalue weighted by molar-refractivity contribution is 5.94. The molecule has 4 rings (SSSR count). The van der Waals surface area contributed by atoms with Crippen LogP contribution >= 0.6 is 0 Å². The van der Waals surface area contributed by atoms with Crippen LogP contribution in [0, 0.1) is 6.92 Å². The lowest BCUT2D eigenvalue weighted by Gasteiger charge is -2.19. The zero-order chi connectivity index (χ0) is 25.9. The maximum atomic E-state index is 4.70. The fraction of sp³-hybridized carbons (Fsp3) is 0.355. The number of hydrogen-bond acceptors (Lipinski definition) is 5. The molecule has 0 fully saturated rings. The van der Waals surface area contributed by atoms with Gasteiger partial charge in [0.1, 0.15) is 12.1 Å². The Balaban J connectivity index is 0.00000176. The lowest BCUT2D eigenvalue weighted by molar-refractivity contribution is 0.585. The van der Waals surface area contributed by atoms with Crippen molar-refractivity contribution in [3.8, 4) is 11.1 Å². The highest BCUT2D eigenvalue weighted by atomic mass is 15.0. The van der Waals surface area contributed by atoms with Gasteiger partial charge in [-0.05, 0) is 62.1 Å². The number of pyridine rings is 2. The van der Waals surface area contributed by atoms with Crippen molar-refractivity contribution in [3.05, 3.63) is 84.2 Å². The zero-order valence-corrected chi connectivity index (χ0v) is 22.5. The van der Waals surface area contributed by atoms with Gasteiger partial charge in [0.25, 0.3) is 0 Å². The summed E-state index contributed by atoms with van der Waals surface area (Å²) in [5, 5.41) is 4.75. The molecule has 3 heterocycles. The molecule has 5 nitrogen and oxygen atoms in total. The van der Waals surface area contributed by atoms with E-state index in [0.717, 1.165) is 75.9 Å². The first-order chi connectivity index (χ1) is 17.6. The Morgan fingerprint density at radius 3 is 2.39 bits per heavy atom. The summed E-state index contributed by atoms with van der Waals surface area (Å²) in [6.45, 7) is 12.6. The summed E-state index contributed by atoms with van der Waals surface area (Å²) in [6, 6.07) is 13.1. The molecular weight excluding hydrogens is 442 g/mol. The molecule has 36 heavy (non-hydrogen) atoms. The minimum absolute atomic E-state index is 0.417. The third-order valence-corrected chi connectivity index (χ3v) is 6.22. The second kappa shape index (κ2) is 13.5. The predicted molar refractivity (Wildman–Crippen MR) is 153 cm³/mol. The molecule has 0 aliphatic rings. The molecule has 1 N–H and O–H groups in total. The van der Waals surface area contributed by atoms with Crippen LogP contribution in [0.15, 0.2) is 67.4 Å². The van der Waals surface area contributed by atoms with Crippen LogP contribution in [0.5, 0.6) is 0 Å². The molecular formula is C31H39N5. The quantitative estimate of drug-likeness (QED) is 0.261. The number of nitrogens with zero attached hydrogens (tertiary/aromatic N) is 4. The molecule has 0 aliphatic heterocycles. The van der Waals surface area contributed by atoms with Crippen LogP contribution < -0.4 is 5.32 Å². The standard InChI is InChI=1S/C29H33N5.C2H6/c1-5-9-24(10-6-2)34-29-27-15-21(12-13-28(27)32-19-33-29)25(7-3)26-16-23(18-31-20(26)4)22-11-8-14-30-17-22;1-2/h7-8,11-19,24H,5-6,9-10H2,1-4H3,(H,32,33,34);1-2H3/b25-7-;. The van der Waals surface area contributed by atoms with Gasteiger partial charge in [0, 0.05) is 52.4 Å². The molecule has 0 saturated carbocycles. The van der Waals surface area contributed by atoms with Gasteiger partial charge in [-0.1, -0.05) is 58.7 Å². The van der Waals surface area contributed by atoms with Crippen molar-refractivity contribution in [2.45, 2.75) is 73.3 Å². The Morgan fingerprint density at radius 1 is 0.944 bits per heavy atom. The van der Waals surface area contributed by atoms with E-state index in [2.05, 4.69) is 84.4 Å². The minimum atomic E-state index is 0.417. The number of allylic oxidation sites excluding steroid dienone is 1. The van der Waals surface area contributed by atoms with E-state index in [0.29, 0.717) is 6.04 Å². The topological polar surface area (TPSA) is 63.6 Å². The molecule has 3 aromatic heterocycles. The lowest BCUT2D eigenvalue weighted by atomic mass is 9.93. The lowest BCUT2D eigenvalue weighted by Crippen LogP contribution is -2.20. The smallest absolute Gasteiger partial charge is 0.137 e. The van der Waals surface area contributed by atoms with Crippen molar-refractivity contribution >= 4 is 22.3 Å². The van der Waals surface area contributed by atoms with Crippen molar-refractivity contribution in [1.29, 1.82) is 0 Å². The molecule has 0 aliphatic carbocycles. The highest BCUT2D eigenvalue weighted by Crippen LogP contribution is 2.32. The number of anilines is 1. The average Bonchev–Trinajstić information content (AvgIpc) is 2.92. The summed E-state index contributed by atoms with van der Waals surface area (Å²) in [5.74, 6) is 0.910. The van der Waals surface area contributed by atoms with Gasteiger partial charge < -0.3 is 5.32 Å². The van der Waals surface area contributed by atoms with Gasteiger partial charge in [0.15, 0.2) is 0 Å². The van der Waals surface area contributed by atoms with E-state index in [1.165, 1.54) is 0 Å². The van der Waals surface area contributed by atoms with E-state index in [4.69, 9.17) is 4.98 Å². The molecule has 1 aromatic carbocycles. The number of aryl methyl sites for hydroxylation is 1. The fourth-order valence-electron chi connectivity index (χ4n) is 4.49. The van der Waals surface area contributed by atoms with Crippen LogP contribution in [-0.2, 0) is 0 Å². The molecule has 4 aromatic rings. The van der Waals surface area contributed by atoms with Crippen molar-refractivity contribution in [1.82, 2.24) is 19.9 Å². The Kier molecular flexibility index (Phi) is 10.1. The number of benzene rings is 1. The first-order valence-corrected chi connectivity index (χ1v) is 13.2. The minimum Gasteiger partial charge on any atom is -0.367 e. The van der Waals surface area contributed by atoms with E-state index in [9.17, 15) is 0 Å². The maximum Gasteiger partial charge on any atom is 0.137 e. The SMILES string of the molecule is C/C=C(/c1ccc2ncnc(NC(CCC)CCC)c2c1)c1cc(-c2cccnc2)cnc1C.CC. The number of rotatable bonds is 9. The fourth-order valence-corrected chi connectivity index (χ4v) is 4.49. The molecule has 0 unspecified atom stereocenters. The van der Waals surface area contributed by atoms with E-state index < -0.39 is 0 Å². The van der Waals surface area contributed by atoms with Crippen LogP contribution in [-0.4, -0.2) is 26.0 Å². The molecule has 0 radical (unpaired) electrons. The maximum absolute atomic E-state index is 4.70. The number of aromatic nitrogens is 4. The Bertz CT molecular complexity index is 1270. The number of hydrogen-bond donors (Lipinski definition) is 1. The van der Waals surface area contributed by atoms with Crippen LogP contribution in [0.3, 0.4) is 0 Å². The molecule has 0 amide bonds. The van der Waals surface area contributed by atoms with Crippen LogP contribution in [0.25, 0.3) is 27.6 Å². The summed E-state index contributed by atoms with van der Waals surface area (Å²) < 4.78 is 0. The molecule has 5 heteroatoms. The van der Waals surface area contributed by atoms with E-state index in [-0.39, 0.29) is 0 Å². The summed E-state index contributed by atoms with van der Waals surface area (Å²) >= 11 is 0. The first kappa shape index (κ1) is 27.0. The second-order valence-corrected chi connectivity index (χ2v) is 8.67. The van der Waals surface area contributed by atoms with Crippen molar-refractivity contribution < 1.29 is 0 Å². The number of nitrogens with one attached hydrogen (secondary N) is 1. The van der Waals surface area contributed by atoms with Crippen LogP contribution in [0.2, 0.25) is 0 Å². The second-order valence-electron chi connectivity index (χ2n) is 8.67. The molecule has 188 valence electrons. The van der Waals surface area contributed by atoms with Crippen molar-refractivity contribution in [3.63, 3.8) is 0 Å². The summed E-state index contributed by atoms with van der Waals surface area (Å²) in [6.07, 6.45) is 13.9. The van der Waals surface area contributed by atoms with Crippen LogP contribution in [0.4, 0.5) is 5.82 Å². The first-order valence-electron chi connectivity index (χ1n) is 13.2. The van der Waals surface area contributed by atoms with E-state index >= 15 is 0 Å². The summed E-state index contributed by atoms with van der Waals surface area (Å²) in [5.41, 5.74) is 7.44. The molecule has 0 bridgehead atoms. The van der Waals surface area contributed by atoms with Gasteiger partial charge in [-0.15, -0.1) is 0 Å². The van der Waals surface area contributed by atoms with Gasteiger partial charge in [-0.2, -0.15) is 0 Å². The van der Waals surface area contributed by atoms with Gasteiger partial charge in [0.05, 0.1) is 5.52 Å². The Hall–Kier alpha value is -3.60. The average molecular weight is 482 g/mol. The largest absolute Gasteiger partial charge is 0.367 e. The van der Waals surface area contributed by atoms with Crippen LogP contribution in [0.1, 0.15) is 77.1 Å². The third kappa shape index (κ3) is 6.34. The van der Waals surface area contributed by atoms with E-state index in [1.54, 1.807) is 12.5 Å². The molecule has 0 atom stereocenters. The number of fused-ring (bicyclic) bond motifs is 1. The Morgan fingerprint density at radius 2 is 1.72 bits per heavy atom. The van der Waals surface area contributed by atoms with Gasteiger partial charge in [0.2, 0.25) is 0 Å². The third-order valence-electron chi connectivity index (χ3n) is 6.22. The van der Waals surface area contributed by atoms with Gasteiger partial charge in [-0.25, -0.2) is 9.97 Å². The van der Waals surface area contributed by atoms with Gasteiger partial charge in [-0.3, -0.25) is 9.97 Å². The van der Waals surface area contributed by atoms with Crippen molar-refractivity contribution in [2.75, 3.05) is 5.32 Å². The predicted octanol–water partition coefficient (Wildman–Crippen LogP) is 8.25.